The summed E-state index contributed by atoms with van der Waals surface area (Å²) in [5.74, 6) is 0.206. The number of hydrogen-bond acceptors (Lipinski definition) is 8. The van der Waals surface area contributed by atoms with Crippen molar-refractivity contribution in [3.8, 4) is 28.5 Å². The smallest absolute Gasteiger partial charge is 0.246 e. The van der Waals surface area contributed by atoms with Gasteiger partial charge in [-0.25, -0.2) is 17.2 Å². The third-order valence-electron chi connectivity index (χ3n) is 5.68. The van der Waals surface area contributed by atoms with Gasteiger partial charge in [-0.05, 0) is 42.5 Å². The molecule has 0 bridgehead atoms. The SMILES string of the molecule is COc1cc(-c2ccc(N3CCN(S(=O)(=O)c4cc(F)ccc4F)CC3)nn2)cc(OC)c1OC. The third-order valence-corrected chi connectivity index (χ3v) is 7.60. The Balaban J connectivity index is 1.49. The number of ether oxygens (including phenoxy) is 3. The lowest BCUT2D eigenvalue weighted by atomic mass is 10.1. The number of nitrogens with zero attached hydrogens (tertiary/aromatic N) is 4. The molecule has 0 amide bonds. The summed E-state index contributed by atoms with van der Waals surface area (Å²) in [4.78, 5) is 1.21. The number of benzene rings is 2. The maximum absolute atomic E-state index is 14.1. The fourth-order valence-electron chi connectivity index (χ4n) is 3.85. The average molecular weight is 507 g/mol. The molecular weight excluding hydrogens is 482 g/mol. The fourth-order valence-corrected chi connectivity index (χ4v) is 5.35. The van der Waals surface area contributed by atoms with Gasteiger partial charge in [0.1, 0.15) is 16.5 Å². The molecule has 35 heavy (non-hydrogen) atoms. The van der Waals surface area contributed by atoms with E-state index >= 15 is 0 Å². The zero-order valence-corrected chi connectivity index (χ0v) is 20.2. The summed E-state index contributed by atoms with van der Waals surface area (Å²) in [6, 6.07) is 9.48. The zero-order valence-electron chi connectivity index (χ0n) is 19.4. The number of piperazine rings is 1. The Morgan fingerprint density at radius 2 is 1.49 bits per heavy atom. The van der Waals surface area contributed by atoms with Crippen LogP contribution in [0.2, 0.25) is 0 Å². The minimum atomic E-state index is -4.16. The lowest BCUT2D eigenvalue weighted by molar-refractivity contribution is 0.324. The second-order valence-electron chi connectivity index (χ2n) is 7.66. The Bertz CT molecular complexity index is 1290. The molecule has 1 aliphatic rings. The largest absolute Gasteiger partial charge is 0.493 e. The summed E-state index contributed by atoms with van der Waals surface area (Å²) in [7, 11) is 0.413. The summed E-state index contributed by atoms with van der Waals surface area (Å²) in [6.45, 7) is 0.811. The molecule has 0 radical (unpaired) electrons. The minimum Gasteiger partial charge on any atom is -0.493 e. The molecule has 12 heteroatoms. The van der Waals surface area contributed by atoms with Gasteiger partial charge in [0.05, 0.1) is 27.0 Å². The first-order chi connectivity index (χ1) is 16.8. The molecule has 2 heterocycles. The Labute approximate surface area is 201 Å². The van der Waals surface area contributed by atoms with E-state index in [1.54, 1.807) is 24.3 Å². The van der Waals surface area contributed by atoms with Crippen LogP contribution in [-0.2, 0) is 10.0 Å². The van der Waals surface area contributed by atoms with Gasteiger partial charge in [0.2, 0.25) is 15.8 Å². The quantitative estimate of drug-likeness (QED) is 0.483. The minimum absolute atomic E-state index is 0.0919. The van der Waals surface area contributed by atoms with Gasteiger partial charge in [-0.15, -0.1) is 10.2 Å². The molecule has 9 nitrogen and oxygen atoms in total. The van der Waals surface area contributed by atoms with Gasteiger partial charge >= 0.3 is 0 Å². The van der Waals surface area contributed by atoms with E-state index in [1.807, 2.05) is 4.90 Å². The molecule has 1 saturated heterocycles. The first-order valence-electron chi connectivity index (χ1n) is 10.6. The van der Waals surface area contributed by atoms with E-state index in [1.165, 1.54) is 21.3 Å². The van der Waals surface area contributed by atoms with E-state index < -0.39 is 26.6 Å². The van der Waals surface area contributed by atoms with Crippen LogP contribution in [0.1, 0.15) is 0 Å². The number of hydrogen-bond donors (Lipinski definition) is 0. The van der Waals surface area contributed by atoms with Crippen LogP contribution in [0.25, 0.3) is 11.3 Å². The molecule has 1 aromatic heterocycles. The second kappa shape index (κ2) is 10.0. The highest BCUT2D eigenvalue weighted by atomic mass is 32.2. The van der Waals surface area contributed by atoms with Gasteiger partial charge in [0.15, 0.2) is 17.3 Å². The van der Waals surface area contributed by atoms with E-state index in [0.29, 0.717) is 53.5 Å². The predicted molar refractivity (Wildman–Crippen MR) is 124 cm³/mol. The molecule has 0 N–H and O–H groups in total. The van der Waals surface area contributed by atoms with Crippen molar-refractivity contribution in [2.24, 2.45) is 0 Å². The third kappa shape index (κ3) is 4.84. The van der Waals surface area contributed by atoms with Crippen LogP contribution in [0, 0.1) is 11.6 Å². The summed E-state index contributed by atoms with van der Waals surface area (Å²) < 4.78 is 70.4. The van der Waals surface area contributed by atoms with E-state index in [9.17, 15) is 17.2 Å². The molecule has 0 saturated carbocycles. The van der Waals surface area contributed by atoms with Crippen molar-refractivity contribution in [3.63, 3.8) is 0 Å². The van der Waals surface area contributed by atoms with Crippen molar-refractivity contribution in [2.45, 2.75) is 4.90 Å². The molecule has 186 valence electrons. The standard InChI is InChI=1S/C23H24F2N4O5S/c1-32-19-12-15(13-20(33-2)23(19)34-3)18-6-7-22(27-26-18)28-8-10-29(11-9-28)35(30,31)21-14-16(24)4-5-17(21)25/h4-7,12-14H,8-11H2,1-3H3. The van der Waals surface area contributed by atoms with Crippen molar-refractivity contribution in [3.05, 3.63) is 54.1 Å². The number of halogens is 2. The van der Waals surface area contributed by atoms with Crippen LogP contribution in [-0.4, -0.2) is 70.4 Å². The monoisotopic (exact) mass is 506 g/mol. The number of rotatable bonds is 7. The van der Waals surface area contributed by atoms with E-state index in [-0.39, 0.29) is 13.1 Å². The Kier molecular flexibility index (Phi) is 7.03. The van der Waals surface area contributed by atoms with Crippen LogP contribution in [0.15, 0.2) is 47.4 Å². The van der Waals surface area contributed by atoms with Crippen LogP contribution >= 0.6 is 0 Å². The van der Waals surface area contributed by atoms with Crippen molar-refractivity contribution < 1.29 is 31.4 Å². The molecule has 3 aromatic rings. The summed E-state index contributed by atoms with van der Waals surface area (Å²) >= 11 is 0. The normalized spacial score (nSPS) is 14.6. The van der Waals surface area contributed by atoms with Crippen molar-refractivity contribution in [1.82, 2.24) is 14.5 Å². The number of anilines is 1. The van der Waals surface area contributed by atoms with E-state index in [0.717, 1.165) is 16.4 Å². The molecule has 1 aliphatic heterocycles. The Morgan fingerprint density at radius 1 is 0.829 bits per heavy atom. The van der Waals surface area contributed by atoms with Gasteiger partial charge < -0.3 is 19.1 Å². The summed E-state index contributed by atoms with van der Waals surface area (Å²) in [6.07, 6.45) is 0. The molecule has 0 spiro atoms. The zero-order chi connectivity index (χ0) is 25.2. The van der Waals surface area contributed by atoms with Gasteiger partial charge in [-0.1, -0.05) is 0 Å². The molecule has 2 aromatic carbocycles. The van der Waals surface area contributed by atoms with Crippen LogP contribution in [0.4, 0.5) is 14.6 Å². The van der Waals surface area contributed by atoms with Crippen LogP contribution < -0.4 is 19.1 Å². The first kappa shape index (κ1) is 24.6. The lowest BCUT2D eigenvalue weighted by Crippen LogP contribution is -2.49. The number of methoxy groups -OCH3 is 3. The number of sulfonamides is 1. The Hall–Kier alpha value is -3.51. The van der Waals surface area contributed by atoms with E-state index in [2.05, 4.69) is 10.2 Å². The average Bonchev–Trinajstić information content (AvgIpc) is 2.89. The highest BCUT2D eigenvalue weighted by Gasteiger charge is 2.31. The summed E-state index contributed by atoms with van der Waals surface area (Å²) in [5, 5.41) is 8.59. The second-order valence-corrected chi connectivity index (χ2v) is 9.56. The topological polar surface area (TPSA) is 94.1 Å². The lowest BCUT2D eigenvalue weighted by Gasteiger charge is -2.34. The highest BCUT2D eigenvalue weighted by Crippen LogP contribution is 2.40. The van der Waals surface area contributed by atoms with Crippen molar-refractivity contribution >= 4 is 15.8 Å². The van der Waals surface area contributed by atoms with Crippen LogP contribution in [0.3, 0.4) is 0 Å². The maximum Gasteiger partial charge on any atom is 0.246 e. The fraction of sp³-hybridized carbons (Fsp3) is 0.304. The molecular formula is C23H24F2N4O5S. The molecule has 0 unspecified atom stereocenters. The molecule has 0 atom stereocenters. The van der Waals surface area contributed by atoms with Gasteiger partial charge in [-0.2, -0.15) is 4.31 Å². The Morgan fingerprint density at radius 3 is 2.03 bits per heavy atom. The van der Waals surface area contributed by atoms with Gasteiger partial charge in [0.25, 0.3) is 0 Å². The van der Waals surface area contributed by atoms with Crippen LogP contribution in [0.5, 0.6) is 17.2 Å². The predicted octanol–water partition coefficient (Wildman–Crippen LogP) is 2.96. The van der Waals surface area contributed by atoms with Crippen molar-refractivity contribution in [2.75, 3.05) is 52.4 Å². The van der Waals surface area contributed by atoms with Gasteiger partial charge in [-0.3, -0.25) is 0 Å². The first-order valence-corrected chi connectivity index (χ1v) is 12.1. The molecule has 0 aliphatic carbocycles. The number of aromatic nitrogens is 2. The summed E-state index contributed by atoms with van der Waals surface area (Å²) in [5.41, 5.74) is 1.29. The van der Waals surface area contributed by atoms with Gasteiger partial charge in [0, 0.05) is 31.7 Å². The highest BCUT2D eigenvalue weighted by molar-refractivity contribution is 7.89. The van der Waals surface area contributed by atoms with E-state index in [4.69, 9.17) is 14.2 Å². The van der Waals surface area contributed by atoms with Crippen molar-refractivity contribution in [1.29, 1.82) is 0 Å². The maximum atomic E-state index is 14.1. The molecule has 1 fully saturated rings. The molecule has 4 rings (SSSR count).